The molecule has 2 rings (SSSR count). The van der Waals surface area contributed by atoms with Gasteiger partial charge in [0.2, 0.25) is 0 Å². The summed E-state index contributed by atoms with van der Waals surface area (Å²) in [4.78, 5) is 57.8. The Hall–Kier alpha value is -3.42. The standard InChI is InChI=1S/2C7H4N2O7.2Na/c2*10-6-3(7(11)12)1-2-4(8(13)14)5(6)9(15)16;;/h2*1-2,10H,(H,11,12);;/q;;2*+1/p-2. The van der Waals surface area contributed by atoms with Crippen LogP contribution in [-0.4, -0.2) is 41.8 Å². The van der Waals surface area contributed by atoms with Crippen molar-refractivity contribution in [3.63, 3.8) is 0 Å². The van der Waals surface area contributed by atoms with Crippen molar-refractivity contribution in [1.29, 1.82) is 0 Å². The summed E-state index contributed by atoms with van der Waals surface area (Å²) in [5.74, 6) is -6.32. The van der Waals surface area contributed by atoms with Crippen LogP contribution in [0.2, 0.25) is 0 Å². The van der Waals surface area contributed by atoms with Gasteiger partial charge in [-0.05, 0) is 23.6 Å². The molecule has 0 aliphatic carbocycles. The summed E-state index contributed by atoms with van der Waals surface area (Å²) in [6.07, 6.45) is 0. The maximum absolute atomic E-state index is 11.3. The minimum absolute atomic E-state index is 0. The largest absolute Gasteiger partial charge is 1.00 e. The second-order valence-corrected chi connectivity index (χ2v) is 5.26. The second-order valence-electron chi connectivity index (χ2n) is 5.26. The Morgan fingerprint density at radius 1 is 0.588 bits per heavy atom. The fraction of sp³-hybridized carbons (Fsp3) is 0. The van der Waals surface area contributed by atoms with E-state index in [4.69, 9.17) is 10.2 Å². The molecule has 0 fully saturated rings. The van der Waals surface area contributed by atoms with Gasteiger partial charge in [-0.1, -0.05) is 0 Å². The van der Waals surface area contributed by atoms with E-state index >= 15 is 0 Å². The number of nitro benzene ring substituents is 4. The summed E-state index contributed by atoms with van der Waals surface area (Å²) in [5, 5.41) is 81.1. The number of nitrogens with zero attached hydrogens (tertiary/aromatic N) is 4. The minimum Gasteiger partial charge on any atom is -0.867 e. The van der Waals surface area contributed by atoms with E-state index in [1.54, 1.807) is 0 Å². The first kappa shape index (κ1) is 32.8. The van der Waals surface area contributed by atoms with Crippen molar-refractivity contribution in [1.82, 2.24) is 0 Å². The molecule has 0 aliphatic rings. The summed E-state index contributed by atoms with van der Waals surface area (Å²) < 4.78 is 0. The van der Waals surface area contributed by atoms with Crippen molar-refractivity contribution in [2.75, 3.05) is 0 Å². The molecule has 0 radical (unpaired) electrons. The SMILES string of the molecule is O=C(O)c1ccc([N+](=O)[O-])c([N+](=O)[O-])c1[O-].O=C(O)c1ccc([N+](=O)[O-])c([N+](=O)[O-])c1[O-].[Na+].[Na+]. The van der Waals surface area contributed by atoms with Crippen LogP contribution in [0.25, 0.3) is 0 Å². The number of carboxylic acid groups (broad SMARTS) is 2. The fourth-order valence-electron chi connectivity index (χ4n) is 2.11. The topological polar surface area (TPSA) is 293 Å². The van der Waals surface area contributed by atoms with Crippen LogP contribution >= 0.6 is 0 Å². The Morgan fingerprint density at radius 3 is 1.03 bits per heavy atom. The molecule has 2 aromatic carbocycles. The Kier molecular flexibility index (Phi) is 12.8. The first-order valence-electron chi connectivity index (χ1n) is 7.44. The molecule has 0 spiro atoms. The van der Waals surface area contributed by atoms with Gasteiger partial charge in [0, 0.05) is 12.1 Å². The van der Waals surface area contributed by atoms with Gasteiger partial charge in [0.05, 0.1) is 30.8 Å². The monoisotopic (exact) mass is 500 g/mol. The maximum atomic E-state index is 11.3. The zero-order valence-corrected chi connectivity index (χ0v) is 20.9. The number of rotatable bonds is 6. The second kappa shape index (κ2) is 13.3. The molecule has 0 aliphatic heterocycles. The Balaban J connectivity index is 0. The van der Waals surface area contributed by atoms with E-state index in [2.05, 4.69) is 0 Å². The first-order valence-corrected chi connectivity index (χ1v) is 7.44. The molecule has 20 heteroatoms. The minimum atomic E-state index is -1.68. The molecular formula is C14H6N4Na2O14. The van der Waals surface area contributed by atoms with Crippen LogP contribution in [0, 0.1) is 40.5 Å². The summed E-state index contributed by atoms with van der Waals surface area (Å²) in [5.41, 5.74) is -6.50. The van der Waals surface area contributed by atoms with Crippen LogP contribution in [0.4, 0.5) is 22.7 Å². The fourth-order valence-corrected chi connectivity index (χ4v) is 2.11. The molecule has 0 heterocycles. The van der Waals surface area contributed by atoms with Crippen molar-refractivity contribution in [3.8, 4) is 11.5 Å². The van der Waals surface area contributed by atoms with Crippen molar-refractivity contribution >= 4 is 34.7 Å². The zero-order chi connectivity index (χ0) is 24.9. The summed E-state index contributed by atoms with van der Waals surface area (Å²) >= 11 is 0. The molecule has 0 unspecified atom stereocenters. The Morgan fingerprint density at radius 2 is 0.853 bits per heavy atom. The number of aromatic carboxylic acids is 2. The molecule has 0 amide bonds. The number of carboxylic acids is 2. The predicted octanol–water partition coefficient (Wildman–Crippen LogP) is -5.44. The van der Waals surface area contributed by atoms with Gasteiger partial charge in [0.1, 0.15) is 0 Å². The van der Waals surface area contributed by atoms with Crippen LogP contribution in [0.1, 0.15) is 20.7 Å². The smallest absolute Gasteiger partial charge is 0.867 e. The van der Waals surface area contributed by atoms with Crippen molar-refractivity contribution in [2.45, 2.75) is 0 Å². The van der Waals surface area contributed by atoms with Crippen LogP contribution in [-0.2, 0) is 0 Å². The molecule has 0 saturated heterocycles. The van der Waals surface area contributed by atoms with E-state index < -0.39 is 77.0 Å². The van der Waals surface area contributed by atoms with Gasteiger partial charge in [-0.2, -0.15) is 0 Å². The molecule has 2 aromatic rings. The number of hydrogen-bond donors (Lipinski definition) is 2. The normalized spacial score (nSPS) is 9.18. The molecule has 168 valence electrons. The van der Waals surface area contributed by atoms with Crippen LogP contribution in [0.3, 0.4) is 0 Å². The van der Waals surface area contributed by atoms with Gasteiger partial charge in [-0.25, -0.2) is 9.59 Å². The van der Waals surface area contributed by atoms with E-state index in [9.17, 15) is 60.3 Å². The Labute approximate surface area is 229 Å². The van der Waals surface area contributed by atoms with E-state index in [1.165, 1.54) is 0 Å². The van der Waals surface area contributed by atoms with Crippen molar-refractivity contribution in [2.24, 2.45) is 0 Å². The van der Waals surface area contributed by atoms with Crippen LogP contribution in [0.15, 0.2) is 24.3 Å². The quantitative estimate of drug-likeness (QED) is 0.212. The summed E-state index contributed by atoms with van der Waals surface area (Å²) in [6, 6.07) is 2.55. The molecule has 0 atom stereocenters. The van der Waals surface area contributed by atoms with Gasteiger partial charge in [-0.3, -0.25) is 40.5 Å². The third kappa shape index (κ3) is 7.30. The third-order valence-electron chi connectivity index (χ3n) is 3.44. The van der Waals surface area contributed by atoms with Gasteiger partial charge >= 0.3 is 93.8 Å². The third-order valence-corrected chi connectivity index (χ3v) is 3.44. The molecule has 0 saturated carbocycles. The average Bonchev–Trinajstić information content (AvgIpc) is 2.66. The average molecular weight is 500 g/mol. The van der Waals surface area contributed by atoms with Gasteiger partial charge < -0.3 is 20.4 Å². The molecule has 18 nitrogen and oxygen atoms in total. The van der Waals surface area contributed by atoms with Crippen molar-refractivity contribution in [3.05, 3.63) is 75.8 Å². The van der Waals surface area contributed by atoms with Crippen LogP contribution in [0.5, 0.6) is 11.5 Å². The van der Waals surface area contributed by atoms with Gasteiger partial charge in [0.15, 0.2) is 0 Å². The maximum Gasteiger partial charge on any atom is 1.00 e. The summed E-state index contributed by atoms with van der Waals surface area (Å²) in [6.45, 7) is 0. The van der Waals surface area contributed by atoms with Gasteiger partial charge in [0.25, 0.3) is 0 Å². The first-order chi connectivity index (χ1) is 14.7. The number of nitro groups is 4. The van der Waals surface area contributed by atoms with Crippen LogP contribution < -0.4 is 69.3 Å². The van der Waals surface area contributed by atoms with E-state index in [0.29, 0.717) is 24.3 Å². The number of carbonyl (C=O) groups is 2. The predicted molar refractivity (Wildman–Crippen MR) is 92.3 cm³/mol. The number of benzene rings is 2. The van der Waals surface area contributed by atoms with E-state index in [0.717, 1.165) is 0 Å². The van der Waals surface area contributed by atoms with Crippen molar-refractivity contribution < 1.29 is 109 Å². The molecule has 2 N–H and O–H groups in total. The van der Waals surface area contributed by atoms with Gasteiger partial charge in [-0.15, -0.1) is 0 Å². The Bertz CT molecular complexity index is 1090. The molecule has 0 bridgehead atoms. The number of hydrogen-bond acceptors (Lipinski definition) is 12. The molecule has 34 heavy (non-hydrogen) atoms. The molecule has 0 aromatic heterocycles. The summed E-state index contributed by atoms with van der Waals surface area (Å²) in [7, 11) is 0. The van der Waals surface area contributed by atoms with E-state index in [1.807, 2.05) is 0 Å². The van der Waals surface area contributed by atoms with E-state index in [-0.39, 0.29) is 59.1 Å². The zero-order valence-electron chi connectivity index (χ0n) is 16.9. The molecular weight excluding hydrogens is 494 g/mol.